The predicted molar refractivity (Wildman–Crippen MR) is 116 cm³/mol. The van der Waals surface area contributed by atoms with E-state index in [2.05, 4.69) is 9.88 Å². The summed E-state index contributed by atoms with van der Waals surface area (Å²) in [5.74, 6) is 0.529. The molecule has 2 N–H and O–H groups in total. The first-order valence-corrected chi connectivity index (χ1v) is 10.4. The number of nitrogens with two attached hydrogens (primary N) is 1. The lowest BCUT2D eigenvalue weighted by Gasteiger charge is -2.31. The van der Waals surface area contributed by atoms with E-state index in [1.165, 1.54) is 6.07 Å². The van der Waals surface area contributed by atoms with Gasteiger partial charge in [-0.3, -0.25) is 4.98 Å². The maximum atomic E-state index is 12.0. The highest BCUT2D eigenvalue weighted by Crippen LogP contribution is 2.28. The van der Waals surface area contributed by atoms with Crippen molar-refractivity contribution in [3.63, 3.8) is 0 Å². The molecule has 162 valence electrons. The second kappa shape index (κ2) is 9.61. The zero-order valence-electron chi connectivity index (χ0n) is 17.2. The molecular formula is C23H25N3O5. The Morgan fingerprint density at radius 1 is 1.13 bits per heavy atom. The van der Waals surface area contributed by atoms with Crippen LogP contribution >= 0.6 is 0 Å². The lowest BCUT2D eigenvalue weighted by molar-refractivity contribution is 0.0549. The molecule has 8 heteroatoms. The number of pyridine rings is 1. The van der Waals surface area contributed by atoms with Crippen molar-refractivity contribution >= 4 is 17.1 Å². The van der Waals surface area contributed by atoms with Gasteiger partial charge < -0.3 is 24.5 Å². The lowest BCUT2D eigenvalue weighted by Crippen LogP contribution is -2.39. The van der Waals surface area contributed by atoms with Gasteiger partial charge in [-0.2, -0.15) is 0 Å². The standard InChI is InChI=1S/C23H25N3O5/c24-23(28)30-18-6-11-26(12-7-18)10-1-13-29-20-15-22(27)31-21-14-17(2-3-19(20)21)16-4-8-25-9-5-16/h2-5,8-9,14-15,18H,1,6-7,10-13H2,(H2,24,28). The molecular weight excluding hydrogens is 398 g/mol. The van der Waals surface area contributed by atoms with Crippen LogP contribution in [0.25, 0.3) is 22.1 Å². The van der Waals surface area contributed by atoms with Crippen LogP contribution in [0.4, 0.5) is 4.79 Å². The van der Waals surface area contributed by atoms with Gasteiger partial charge >= 0.3 is 11.7 Å². The Hall–Kier alpha value is -3.39. The fourth-order valence-corrected chi connectivity index (χ4v) is 3.86. The first-order valence-electron chi connectivity index (χ1n) is 10.4. The van der Waals surface area contributed by atoms with E-state index < -0.39 is 11.7 Å². The monoisotopic (exact) mass is 423 g/mol. The van der Waals surface area contributed by atoms with E-state index in [9.17, 15) is 9.59 Å². The fraction of sp³-hybridized carbons (Fsp3) is 0.348. The molecule has 31 heavy (non-hydrogen) atoms. The van der Waals surface area contributed by atoms with Crippen LogP contribution in [-0.4, -0.2) is 48.3 Å². The van der Waals surface area contributed by atoms with Gasteiger partial charge in [0, 0.05) is 32.0 Å². The minimum atomic E-state index is -0.709. The molecule has 4 rings (SSSR count). The summed E-state index contributed by atoms with van der Waals surface area (Å²) in [5, 5.41) is 0.766. The molecule has 3 aromatic rings. The summed E-state index contributed by atoms with van der Waals surface area (Å²) in [6.07, 6.45) is 5.04. The van der Waals surface area contributed by atoms with Crippen LogP contribution in [0.3, 0.4) is 0 Å². The second-order valence-corrected chi connectivity index (χ2v) is 7.56. The first-order chi connectivity index (χ1) is 15.1. The van der Waals surface area contributed by atoms with Crippen LogP contribution in [0.5, 0.6) is 5.75 Å². The minimum absolute atomic E-state index is 0.0862. The van der Waals surface area contributed by atoms with Gasteiger partial charge in [0.1, 0.15) is 17.4 Å². The normalized spacial score (nSPS) is 15.1. The van der Waals surface area contributed by atoms with E-state index in [1.54, 1.807) is 12.4 Å². The Balaban J connectivity index is 1.35. The van der Waals surface area contributed by atoms with Gasteiger partial charge in [-0.05, 0) is 54.7 Å². The van der Waals surface area contributed by atoms with Crippen LogP contribution in [0.2, 0.25) is 0 Å². The Kier molecular flexibility index (Phi) is 6.47. The van der Waals surface area contributed by atoms with Crippen LogP contribution in [0.1, 0.15) is 19.3 Å². The lowest BCUT2D eigenvalue weighted by atomic mass is 10.1. The van der Waals surface area contributed by atoms with Gasteiger partial charge in [-0.25, -0.2) is 9.59 Å². The molecule has 1 aromatic carbocycles. The number of fused-ring (bicyclic) bond motifs is 1. The number of hydrogen-bond acceptors (Lipinski definition) is 7. The van der Waals surface area contributed by atoms with Gasteiger partial charge in [0.15, 0.2) is 0 Å². The number of amides is 1. The van der Waals surface area contributed by atoms with Crippen molar-refractivity contribution in [2.45, 2.75) is 25.4 Å². The van der Waals surface area contributed by atoms with Crippen molar-refractivity contribution in [1.82, 2.24) is 9.88 Å². The van der Waals surface area contributed by atoms with Crippen LogP contribution < -0.4 is 16.1 Å². The summed E-state index contributed by atoms with van der Waals surface area (Å²) in [7, 11) is 0. The number of likely N-dealkylation sites (tertiary alicyclic amines) is 1. The Labute approximate surface area is 179 Å². The molecule has 0 atom stereocenters. The molecule has 1 aliphatic rings. The Bertz CT molecular complexity index is 1090. The third kappa shape index (κ3) is 5.40. The zero-order chi connectivity index (χ0) is 21.6. The molecule has 1 fully saturated rings. The number of aromatic nitrogens is 1. The van der Waals surface area contributed by atoms with E-state index in [-0.39, 0.29) is 6.10 Å². The van der Waals surface area contributed by atoms with E-state index in [4.69, 9.17) is 19.6 Å². The number of hydrogen-bond donors (Lipinski definition) is 1. The molecule has 2 aromatic heterocycles. The number of primary amides is 1. The van der Waals surface area contributed by atoms with Crippen molar-refractivity contribution in [2.75, 3.05) is 26.2 Å². The average Bonchev–Trinajstić information content (AvgIpc) is 2.77. The summed E-state index contributed by atoms with van der Waals surface area (Å²) in [6, 6.07) is 10.9. The molecule has 0 spiro atoms. The summed E-state index contributed by atoms with van der Waals surface area (Å²) in [6.45, 7) is 3.07. The molecule has 1 amide bonds. The highest BCUT2D eigenvalue weighted by atomic mass is 16.6. The maximum Gasteiger partial charge on any atom is 0.404 e. The Morgan fingerprint density at radius 2 is 1.90 bits per heavy atom. The molecule has 8 nitrogen and oxygen atoms in total. The molecule has 0 radical (unpaired) electrons. The van der Waals surface area contributed by atoms with Gasteiger partial charge in [0.25, 0.3) is 0 Å². The fourth-order valence-electron chi connectivity index (χ4n) is 3.86. The molecule has 3 heterocycles. The zero-order valence-corrected chi connectivity index (χ0v) is 17.2. The van der Waals surface area contributed by atoms with Crippen molar-refractivity contribution in [2.24, 2.45) is 5.73 Å². The highest BCUT2D eigenvalue weighted by molar-refractivity contribution is 5.87. The van der Waals surface area contributed by atoms with Crippen LogP contribution in [0.15, 0.2) is 58.0 Å². The average molecular weight is 423 g/mol. The van der Waals surface area contributed by atoms with Crippen LogP contribution in [-0.2, 0) is 4.74 Å². The number of carbonyl (C=O) groups is 1. The first kappa shape index (κ1) is 20.9. The van der Waals surface area contributed by atoms with Crippen molar-refractivity contribution in [3.05, 3.63) is 59.2 Å². The molecule has 0 aliphatic carbocycles. The number of rotatable bonds is 7. The van der Waals surface area contributed by atoms with Gasteiger partial charge in [-0.1, -0.05) is 6.07 Å². The second-order valence-electron chi connectivity index (χ2n) is 7.56. The predicted octanol–water partition coefficient (Wildman–Crippen LogP) is 3.18. The van der Waals surface area contributed by atoms with Gasteiger partial charge in [0.05, 0.1) is 18.1 Å². The number of benzene rings is 1. The molecule has 0 unspecified atom stereocenters. The van der Waals surface area contributed by atoms with E-state index in [1.807, 2.05) is 30.3 Å². The summed E-state index contributed by atoms with van der Waals surface area (Å²) in [5.41, 5.74) is 7.07. The number of nitrogens with zero attached hydrogens (tertiary/aromatic N) is 2. The smallest absolute Gasteiger partial charge is 0.404 e. The Morgan fingerprint density at radius 3 is 2.65 bits per heavy atom. The number of carbonyl (C=O) groups excluding carboxylic acids is 1. The van der Waals surface area contributed by atoms with Gasteiger partial charge in [-0.15, -0.1) is 0 Å². The molecule has 0 saturated carbocycles. The van der Waals surface area contributed by atoms with Crippen LogP contribution in [0, 0.1) is 0 Å². The maximum absolute atomic E-state index is 12.0. The third-order valence-corrected chi connectivity index (χ3v) is 5.41. The van der Waals surface area contributed by atoms with E-state index >= 15 is 0 Å². The summed E-state index contributed by atoms with van der Waals surface area (Å²) < 4.78 is 16.4. The summed E-state index contributed by atoms with van der Waals surface area (Å²) >= 11 is 0. The van der Waals surface area contributed by atoms with Crippen molar-refractivity contribution in [1.29, 1.82) is 0 Å². The SMILES string of the molecule is NC(=O)OC1CCN(CCCOc2cc(=O)oc3cc(-c4ccncc4)ccc23)CC1. The highest BCUT2D eigenvalue weighted by Gasteiger charge is 2.21. The molecule has 0 bridgehead atoms. The molecule has 1 aliphatic heterocycles. The minimum Gasteiger partial charge on any atom is -0.492 e. The van der Waals surface area contributed by atoms with Crippen molar-refractivity contribution in [3.8, 4) is 16.9 Å². The quantitative estimate of drug-likeness (QED) is 0.459. The van der Waals surface area contributed by atoms with Gasteiger partial charge in [0.2, 0.25) is 0 Å². The largest absolute Gasteiger partial charge is 0.492 e. The third-order valence-electron chi connectivity index (χ3n) is 5.41. The van der Waals surface area contributed by atoms with E-state index in [0.717, 1.165) is 55.4 Å². The van der Waals surface area contributed by atoms with Crippen molar-refractivity contribution < 1.29 is 18.7 Å². The number of piperidine rings is 1. The van der Waals surface area contributed by atoms with E-state index in [0.29, 0.717) is 17.9 Å². The number of ether oxygens (including phenoxy) is 2. The summed E-state index contributed by atoms with van der Waals surface area (Å²) in [4.78, 5) is 29.2. The molecule has 1 saturated heterocycles. The topological polar surface area (TPSA) is 108 Å².